The molecular weight excluding hydrogens is 311 g/mol. The monoisotopic (exact) mass is 326 g/mol. The maximum absolute atomic E-state index is 11.9. The van der Waals surface area contributed by atoms with Crippen molar-refractivity contribution < 1.29 is 13.2 Å². The molecule has 8 heteroatoms. The second kappa shape index (κ2) is 8.37. The first-order valence-corrected chi connectivity index (χ1v) is 7.38. The molecule has 0 aliphatic rings. The van der Waals surface area contributed by atoms with E-state index in [9.17, 15) is 13.2 Å². The van der Waals surface area contributed by atoms with Gasteiger partial charge in [0.05, 0.1) is 4.90 Å². The van der Waals surface area contributed by atoms with Crippen molar-refractivity contribution in [1.29, 1.82) is 0 Å². The number of benzene rings is 1. The normalized spacial score (nSPS) is 10.6. The van der Waals surface area contributed by atoms with Crippen LogP contribution < -0.4 is 10.6 Å². The summed E-state index contributed by atoms with van der Waals surface area (Å²) in [5.74, 6) is -1.07. The van der Waals surface area contributed by atoms with Crippen molar-refractivity contribution in [2.24, 2.45) is 0 Å². The molecule has 0 radical (unpaired) electrons. The highest BCUT2D eigenvalue weighted by Gasteiger charge is 2.18. The van der Waals surface area contributed by atoms with Crippen LogP contribution in [0, 0.1) is 0 Å². The van der Waals surface area contributed by atoms with Gasteiger partial charge in [0.1, 0.15) is 5.75 Å². The summed E-state index contributed by atoms with van der Waals surface area (Å²) >= 11 is 5.67. The lowest BCUT2D eigenvalue weighted by Crippen LogP contribution is -2.34. The number of carbonyl (C=O) groups excluding carboxylic acids is 1. The van der Waals surface area contributed by atoms with Gasteiger partial charge in [-0.3, -0.25) is 4.79 Å². The van der Waals surface area contributed by atoms with Crippen LogP contribution in [-0.2, 0) is 14.6 Å². The molecule has 5 nitrogen and oxygen atoms in total. The molecule has 0 atom stereocenters. The van der Waals surface area contributed by atoms with E-state index in [-0.39, 0.29) is 17.3 Å². The Bertz CT molecular complexity index is 503. The summed E-state index contributed by atoms with van der Waals surface area (Å²) in [6.45, 7) is 0.984. The summed E-state index contributed by atoms with van der Waals surface area (Å²) in [5.41, 5.74) is 0. The topological polar surface area (TPSA) is 75.3 Å². The Morgan fingerprint density at radius 1 is 1.21 bits per heavy atom. The molecule has 0 aliphatic carbocycles. The van der Waals surface area contributed by atoms with E-state index in [1.165, 1.54) is 24.3 Å². The fourth-order valence-electron chi connectivity index (χ4n) is 1.28. The van der Waals surface area contributed by atoms with Crippen molar-refractivity contribution in [2.45, 2.75) is 4.90 Å². The maximum Gasteiger partial charge on any atom is 0.235 e. The van der Waals surface area contributed by atoms with Gasteiger partial charge in [0.25, 0.3) is 0 Å². The molecule has 0 aromatic heterocycles. The zero-order chi connectivity index (χ0) is 13.6. The average Bonchev–Trinajstić information content (AvgIpc) is 2.29. The Morgan fingerprint density at radius 3 is 2.32 bits per heavy atom. The molecule has 0 bridgehead atoms. The van der Waals surface area contributed by atoms with Gasteiger partial charge in [0, 0.05) is 18.1 Å². The molecule has 0 aliphatic heterocycles. The van der Waals surface area contributed by atoms with E-state index in [2.05, 4.69) is 10.6 Å². The predicted octanol–water partition coefficient (Wildman–Crippen LogP) is 0.871. The molecule has 0 unspecified atom stereocenters. The first kappa shape index (κ1) is 18.2. The van der Waals surface area contributed by atoms with Crippen LogP contribution in [0.15, 0.2) is 29.2 Å². The molecule has 1 amide bonds. The van der Waals surface area contributed by atoms with Crippen LogP contribution in [0.5, 0.6) is 0 Å². The number of carbonyl (C=O) groups is 1. The van der Waals surface area contributed by atoms with Gasteiger partial charge in [-0.2, -0.15) is 0 Å². The molecule has 1 aromatic rings. The van der Waals surface area contributed by atoms with E-state index in [0.29, 0.717) is 18.1 Å². The van der Waals surface area contributed by atoms with E-state index in [1.54, 1.807) is 7.05 Å². The highest BCUT2D eigenvalue weighted by atomic mass is 35.5. The molecule has 2 N–H and O–H groups in total. The SMILES string of the molecule is CNCCNC(=O)CS(=O)(=O)c1ccc(Cl)cc1.Cl. The van der Waals surface area contributed by atoms with Crippen LogP contribution in [0.1, 0.15) is 0 Å². The molecule has 108 valence electrons. The van der Waals surface area contributed by atoms with Crippen molar-refractivity contribution in [3.8, 4) is 0 Å². The molecular formula is C11H16Cl2N2O3S. The summed E-state index contributed by atoms with van der Waals surface area (Å²) in [6, 6.07) is 5.73. The molecule has 0 saturated carbocycles. The highest BCUT2D eigenvalue weighted by molar-refractivity contribution is 7.92. The molecule has 1 aromatic carbocycles. The zero-order valence-electron chi connectivity index (χ0n) is 10.3. The molecule has 0 heterocycles. The Hall–Kier alpha value is -0.820. The molecule has 19 heavy (non-hydrogen) atoms. The largest absolute Gasteiger partial charge is 0.354 e. The quantitative estimate of drug-likeness (QED) is 0.761. The predicted molar refractivity (Wildman–Crippen MR) is 77.7 cm³/mol. The number of nitrogens with one attached hydrogen (secondary N) is 2. The Balaban J connectivity index is 0.00000324. The van der Waals surface area contributed by atoms with Crippen molar-refractivity contribution in [1.82, 2.24) is 10.6 Å². The highest BCUT2D eigenvalue weighted by Crippen LogP contribution is 2.15. The van der Waals surface area contributed by atoms with Gasteiger partial charge in [0.2, 0.25) is 5.91 Å². The molecule has 1 rings (SSSR count). The van der Waals surface area contributed by atoms with Crippen LogP contribution in [0.3, 0.4) is 0 Å². The van der Waals surface area contributed by atoms with Crippen molar-refractivity contribution in [3.05, 3.63) is 29.3 Å². The standard InChI is InChI=1S/C11H15ClN2O3S.ClH/c1-13-6-7-14-11(15)8-18(16,17)10-4-2-9(12)3-5-10;/h2-5,13H,6-8H2,1H3,(H,14,15);1H. The first-order valence-electron chi connectivity index (χ1n) is 5.35. The number of hydrogen-bond acceptors (Lipinski definition) is 4. The van der Waals surface area contributed by atoms with Crippen LogP contribution in [0.4, 0.5) is 0 Å². The maximum atomic E-state index is 11.9. The van der Waals surface area contributed by atoms with E-state index < -0.39 is 21.5 Å². The van der Waals surface area contributed by atoms with Gasteiger partial charge in [-0.15, -0.1) is 12.4 Å². The smallest absolute Gasteiger partial charge is 0.235 e. The number of sulfone groups is 1. The minimum absolute atomic E-state index is 0. The molecule has 0 saturated heterocycles. The van der Waals surface area contributed by atoms with E-state index in [0.717, 1.165) is 0 Å². The lowest BCUT2D eigenvalue weighted by Gasteiger charge is -2.06. The first-order chi connectivity index (χ1) is 8.45. The number of amides is 1. The molecule has 0 spiro atoms. The zero-order valence-corrected chi connectivity index (χ0v) is 12.7. The summed E-state index contributed by atoms with van der Waals surface area (Å²) in [6.07, 6.45) is 0. The van der Waals surface area contributed by atoms with Gasteiger partial charge in [-0.1, -0.05) is 11.6 Å². The van der Waals surface area contributed by atoms with E-state index in [4.69, 9.17) is 11.6 Å². The minimum atomic E-state index is -3.60. The number of hydrogen-bond donors (Lipinski definition) is 2. The van der Waals surface area contributed by atoms with Crippen LogP contribution in [0.25, 0.3) is 0 Å². The van der Waals surface area contributed by atoms with E-state index in [1.807, 2.05) is 0 Å². The van der Waals surface area contributed by atoms with Gasteiger partial charge in [-0.25, -0.2) is 8.42 Å². The van der Waals surface area contributed by atoms with Crippen molar-refractivity contribution >= 4 is 39.8 Å². The third-order valence-corrected chi connectivity index (χ3v) is 4.08. The molecule has 0 fully saturated rings. The minimum Gasteiger partial charge on any atom is -0.354 e. The third-order valence-electron chi connectivity index (χ3n) is 2.19. The lowest BCUT2D eigenvalue weighted by atomic mass is 10.4. The summed E-state index contributed by atoms with van der Waals surface area (Å²) in [7, 11) is -1.86. The fraction of sp³-hybridized carbons (Fsp3) is 0.364. The summed E-state index contributed by atoms with van der Waals surface area (Å²) < 4.78 is 23.7. The van der Waals surface area contributed by atoms with Crippen molar-refractivity contribution in [3.63, 3.8) is 0 Å². The van der Waals surface area contributed by atoms with Crippen LogP contribution in [0.2, 0.25) is 5.02 Å². The third kappa shape index (κ3) is 6.24. The number of rotatable bonds is 6. The van der Waals surface area contributed by atoms with Gasteiger partial charge in [-0.05, 0) is 31.3 Å². The van der Waals surface area contributed by atoms with Gasteiger partial charge >= 0.3 is 0 Å². The van der Waals surface area contributed by atoms with Gasteiger partial charge < -0.3 is 10.6 Å². The Labute approximate surface area is 124 Å². The fourth-order valence-corrected chi connectivity index (χ4v) is 2.57. The lowest BCUT2D eigenvalue weighted by molar-refractivity contribution is -0.118. The van der Waals surface area contributed by atoms with Crippen molar-refractivity contribution in [2.75, 3.05) is 25.9 Å². The number of halogens is 2. The average molecular weight is 327 g/mol. The summed E-state index contributed by atoms with van der Waals surface area (Å²) in [5, 5.41) is 5.81. The Morgan fingerprint density at radius 2 is 1.79 bits per heavy atom. The van der Waals surface area contributed by atoms with Gasteiger partial charge in [0.15, 0.2) is 9.84 Å². The Kier molecular flexibility index (Phi) is 8.01. The van der Waals surface area contributed by atoms with E-state index >= 15 is 0 Å². The second-order valence-electron chi connectivity index (χ2n) is 3.67. The summed E-state index contributed by atoms with van der Waals surface area (Å²) in [4.78, 5) is 11.5. The number of likely N-dealkylation sites (N-methyl/N-ethyl adjacent to an activating group) is 1. The van der Waals surface area contributed by atoms with Crippen LogP contribution >= 0.6 is 24.0 Å². The second-order valence-corrected chi connectivity index (χ2v) is 6.09. The van der Waals surface area contributed by atoms with Crippen LogP contribution in [-0.4, -0.2) is 40.2 Å².